The van der Waals surface area contributed by atoms with Gasteiger partial charge in [0.1, 0.15) is 5.82 Å². The Balaban J connectivity index is 1.55. The Bertz CT molecular complexity index is 429. The van der Waals surface area contributed by atoms with Gasteiger partial charge in [-0.3, -0.25) is 0 Å². The lowest BCUT2D eigenvalue weighted by atomic mass is 9.54. The van der Waals surface area contributed by atoms with Crippen LogP contribution in [0, 0.1) is 23.7 Å². The quantitative estimate of drug-likeness (QED) is 0.839. The van der Waals surface area contributed by atoms with Crippen molar-refractivity contribution in [2.24, 2.45) is 23.7 Å². The summed E-state index contributed by atoms with van der Waals surface area (Å²) in [6.07, 6.45) is 9.06. The highest BCUT2D eigenvalue weighted by atomic mass is 15.0. The van der Waals surface area contributed by atoms with E-state index in [-0.39, 0.29) is 0 Å². The number of hydrogen-bond acceptors (Lipinski definition) is 3. The highest BCUT2D eigenvalue weighted by Gasteiger charge is 2.48. The lowest BCUT2D eigenvalue weighted by Crippen LogP contribution is -2.51. The van der Waals surface area contributed by atoms with E-state index in [9.17, 15) is 0 Å². The van der Waals surface area contributed by atoms with Crippen LogP contribution >= 0.6 is 0 Å². The fourth-order valence-electron chi connectivity index (χ4n) is 4.86. The number of nitrogen functional groups attached to an aromatic ring is 1. The van der Waals surface area contributed by atoms with Gasteiger partial charge in [0.05, 0.1) is 0 Å². The number of rotatable bonds is 2. The van der Waals surface area contributed by atoms with Gasteiger partial charge in [-0.1, -0.05) is 0 Å². The summed E-state index contributed by atoms with van der Waals surface area (Å²) in [5, 5.41) is 3.67. The normalized spacial score (nSPS) is 41.0. The summed E-state index contributed by atoms with van der Waals surface area (Å²) in [4.78, 5) is 4.40. The van der Waals surface area contributed by atoms with Gasteiger partial charge in [0.25, 0.3) is 0 Å². The molecule has 3 nitrogen and oxygen atoms in total. The highest BCUT2D eigenvalue weighted by molar-refractivity contribution is 5.49. The average molecular weight is 243 g/mol. The lowest BCUT2D eigenvalue weighted by molar-refractivity contribution is 0.00742. The molecule has 0 spiro atoms. The van der Waals surface area contributed by atoms with E-state index in [4.69, 9.17) is 5.73 Å². The van der Waals surface area contributed by atoms with E-state index in [1.54, 1.807) is 6.20 Å². The van der Waals surface area contributed by atoms with Crippen molar-refractivity contribution in [3.05, 3.63) is 18.3 Å². The summed E-state index contributed by atoms with van der Waals surface area (Å²) in [5.74, 6) is 4.78. The van der Waals surface area contributed by atoms with Crippen LogP contribution in [0.4, 0.5) is 11.5 Å². The molecule has 18 heavy (non-hydrogen) atoms. The standard InChI is InChI=1S/C15H21N3/c16-13-1-2-17-14(8-13)18-15-11-4-9-3-10(6-11)7-12(15)5-9/h1-2,8-12,15H,3-7H2,(H3,16,17,18). The molecule has 4 saturated carbocycles. The summed E-state index contributed by atoms with van der Waals surface area (Å²) in [7, 11) is 0. The maximum Gasteiger partial charge on any atom is 0.128 e. The Hall–Kier alpha value is -1.25. The van der Waals surface area contributed by atoms with Gasteiger partial charge in [-0.25, -0.2) is 4.98 Å². The summed E-state index contributed by atoms with van der Waals surface area (Å²) < 4.78 is 0. The van der Waals surface area contributed by atoms with Crippen LogP contribution in [-0.2, 0) is 0 Å². The lowest BCUT2D eigenvalue weighted by Gasteiger charge is -2.54. The van der Waals surface area contributed by atoms with Crippen molar-refractivity contribution < 1.29 is 0 Å². The monoisotopic (exact) mass is 243 g/mol. The van der Waals surface area contributed by atoms with Crippen LogP contribution in [0.5, 0.6) is 0 Å². The molecule has 0 aromatic carbocycles. The molecule has 0 radical (unpaired) electrons. The number of pyridine rings is 1. The molecule has 0 saturated heterocycles. The summed E-state index contributed by atoms with van der Waals surface area (Å²) >= 11 is 0. The van der Waals surface area contributed by atoms with E-state index in [0.717, 1.165) is 35.2 Å². The van der Waals surface area contributed by atoms with Crippen molar-refractivity contribution >= 4 is 11.5 Å². The zero-order chi connectivity index (χ0) is 12.1. The smallest absolute Gasteiger partial charge is 0.128 e. The third kappa shape index (κ3) is 1.68. The topological polar surface area (TPSA) is 50.9 Å². The molecular formula is C15H21N3. The van der Waals surface area contributed by atoms with Crippen LogP contribution in [0.3, 0.4) is 0 Å². The number of nitrogens with one attached hydrogen (secondary N) is 1. The molecule has 4 fully saturated rings. The molecule has 5 rings (SSSR count). The second-order valence-electron chi connectivity index (χ2n) is 6.58. The molecule has 0 aliphatic heterocycles. The minimum Gasteiger partial charge on any atom is -0.399 e. The van der Waals surface area contributed by atoms with Gasteiger partial charge >= 0.3 is 0 Å². The Morgan fingerprint density at radius 1 is 1.06 bits per heavy atom. The zero-order valence-corrected chi connectivity index (χ0v) is 10.7. The van der Waals surface area contributed by atoms with Crippen molar-refractivity contribution in [1.82, 2.24) is 4.98 Å². The van der Waals surface area contributed by atoms with Gasteiger partial charge in [0.2, 0.25) is 0 Å². The summed E-state index contributed by atoms with van der Waals surface area (Å²) in [6.45, 7) is 0. The Morgan fingerprint density at radius 3 is 2.33 bits per heavy atom. The molecule has 3 N–H and O–H groups in total. The maximum atomic E-state index is 5.83. The predicted octanol–water partition coefficient (Wildman–Crippen LogP) is 2.90. The first-order valence-corrected chi connectivity index (χ1v) is 7.26. The fraction of sp³-hybridized carbons (Fsp3) is 0.667. The van der Waals surface area contributed by atoms with Crippen LogP contribution in [0.25, 0.3) is 0 Å². The summed E-state index contributed by atoms with van der Waals surface area (Å²) in [6, 6.07) is 4.46. The molecule has 0 unspecified atom stereocenters. The van der Waals surface area contributed by atoms with Gasteiger partial charge in [0, 0.05) is 24.0 Å². The van der Waals surface area contributed by atoms with Crippen molar-refractivity contribution in [1.29, 1.82) is 0 Å². The van der Waals surface area contributed by atoms with Gasteiger partial charge in [0.15, 0.2) is 0 Å². The van der Waals surface area contributed by atoms with Crippen LogP contribution < -0.4 is 11.1 Å². The molecule has 1 aromatic rings. The molecule has 3 heteroatoms. The van der Waals surface area contributed by atoms with Crippen molar-refractivity contribution in [3.63, 3.8) is 0 Å². The second-order valence-corrected chi connectivity index (χ2v) is 6.58. The highest BCUT2D eigenvalue weighted by Crippen LogP contribution is 2.54. The zero-order valence-electron chi connectivity index (χ0n) is 10.7. The third-order valence-electron chi connectivity index (χ3n) is 5.33. The first kappa shape index (κ1) is 10.7. The number of hydrogen-bond donors (Lipinski definition) is 2. The third-order valence-corrected chi connectivity index (χ3v) is 5.33. The van der Waals surface area contributed by atoms with E-state index < -0.39 is 0 Å². The minimum atomic E-state index is 0.645. The first-order chi connectivity index (χ1) is 8.78. The Morgan fingerprint density at radius 2 is 1.72 bits per heavy atom. The van der Waals surface area contributed by atoms with Crippen LogP contribution in [-0.4, -0.2) is 11.0 Å². The molecule has 4 bridgehead atoms. The summed E-state index contributed by atoms with van der Waals surface area (Å²) in [5.41, 5.74) is 6.63. The molecule has 4 aliphatic carbocycles. The first-order valence-electron chi connectivity index (χ1n) is 7.26. The van der Waals surface area contributed by atoms with Gasteiger partial charge in [-0.2, -0.15) is 0 Å². The largest absolute Gasteiger partial charge is 0.399 e. The Kier molecular flexibility index (Phi) is 2.29. The molecule has 0 amide bonds. The van der Waals surface area contributed by atoms with Gasteiger partial charge < -0.3 is 11.1 Å². The van der Waals surface area contributed by atoms with Crippen LogP contribution in [0.1, 0.15) is 32.1 Å². The Labute approximate surface area is 108 Å². The van der Waals surface area contributed by atoms with E-state index in [1.165, 1.54) is 32.1 Å². The molecule has 0 atom stereocenters. The predicted molar refractivity (Wildman–Crippen MR) is 73.1 cm³/mol. The van der Waals surface area contributed by atoms with E-state index in [1.807, 2.05) is 12.1 Å². The number of anilines is 2. The minimum absolute atomic E-state index is 0.645. The maximum absolute atomic E-state index is 5.83. The van der Waals surface area contributed by atoms with Crippen molar-refractivity contribution in [2.45, 2.75) is 38.1 Å². The molecule has 1 heterocycles. The van der Waals surface area contributed by atoms with Crippen LogP contribution in [0.2, 0.25) is 0 Å². The molecule has 96 valence electrons. The molecular weight excluding hydrogens is 222 g/mol. The van der Waals surface area contributed by atoms with Gasteiger partial charge in [-0.15, -0.1) is 0 Å². The van der Waals surface area contributed by atoms with E-state index >= 15 is 0 Å². The average Bonchev–Trinajstić information content (AvgIpc) is 2.33. The fourth-order valence-corrected chi connectivity index (χ4v) is 4.86. The molecule has 4 aliphatic rings. The van der Waals surface area contributed by atoms with Crippen LogP contribution in [0.15, 0.2) is 18.3 Å². The van der Waals surface area contributed by atoms with E-state index in [0.29, 0.717) is 6.04 Å². The van der Waals surface area contributed by atoms with Gasteiger partial charge in [-0.05, 0) is 61.8 Å². The van der Waals surface area contributed by atoms with E-state index in [2.05, 4.69) is 10.3 Å². The van der Waals surface area contributed by atoms with Crippen molar-refractivity contribution in [2.75, 3.05) is 11.1 Å². The number of aromatic nitrogens is 1. The second kappa shape index (κ2) is 3.87. The number of nitrogens with two attached hydrogens (primary N) is 1. The van der Waals surface area contributed by atoms with Crippen molar-refractivity contribution in [3.8, 4) is 0 Å². The number of nitrogens with zero attached hydrogens (tertiary/aromatic N) is 1. The molecule has 1 aromatic heterocycles. The SMILES string of the molecule is Nc1ccnc(NC2C3CC4CC(C3)CC2C4)c1.